The molecule has 278 valence electrons. The molecule has 14 heteroatoms. The molecule has 0 saturated carbocycles. The van der Waals surface area contributed by atoms with Crippen molar-refractivity contribution in [3.8, 4) is 5.75 Å². The van der Waals surface area contributed by atoms with Gasteiger partial charge in [-0.05, 0) is 59.2 Å². The summed E-state index contributed by atoms with van der Waals surface area (Å²) in [6.45, 7) is 15.2. The van der Waals surface area contributed by atoms with E-state index in [0.717, 1.165) is 53.5 Å². The Kier molecular flexibility index (Phi) is 11.8. The van der Waals surface area contributed by atoms with E-state index in [4.69, 9.17) is 19.4 Å². The first kappa shape index (κ1) is 38.2. The maximum absolute atomic E-state index is 13.4. The van der Waals surface area contributed by atoms with Crippen LogP contribution in [0.25, 0.3) is 5.65 Å². The van der Waals surface area contributed by atoms with Crippen molar-refractivity contribution < 1.29 is 29.0 Å². The van der Waals surface area contributed by atoms with Gasteiger partial charge in [-0.15, -0.1) is 10.2 Å². The quantitative estimate of drug-likeness (QED) is 0.168. The van der Waals surface area contributed by atoms with Crippen LogP contribution in [0.3, 0.4) is 0 Å². The van der Waals surface area contributed by atoms with E-state index in [1.165, 1.54) is 0 Å². The summed E-state index contributed by atoms with van der Waals surface area (Å²) in [5, 5.41) is 24.6. The van der Waals surface area contributed by atoms with E-state index in [0.29, 0.717) is 25.2 Å². The molecule has 52 heavy (non-hydrogen) atoms. The Hall–Kier alpha value is -5.08. The highest BCUT2D eigenvalue weighted by atomic mass is 16.5. The van der Waals surface area contributed by atoms with Crippen LogP contribution in [-0.4, -0.2) is 87.4 Å². The van der Waals surface area contributed by atoms with Gasteiger partial charge in [-0.2, -0.15) is 0 Å². The number of anilines is 1. The molecule has 0 bridgehead atoms. The number of aromatic nitrogens is 4. The van der Waals surface area contributed by atoms with Gasteiger partial charge in [0.1, 0.15) is 29.2 Å². The fourth-order valence-electron chi connectivity index (χ4n) is 6.37. The lowest BCUT2D eigenvalue weighted by Crippen LogP contribution is -2.53. The third-order valence-electron chi connectivity index (χ3n) is 9.20. The molecule has 1 aromatic carbocycles. The van der Waals surface area contributed by atoms with Crippen molar-refractivity contribution in [2.75, 3.05) is 38.6 Å². The molecule has 1 fully saturated rings. The minimum Gasteiger partial charge on any atom is -0.484 e. The zero-order chi connectivity index (χ0) is 37.6. The minimum atomic E-state index is -0.387. The topological polar surface area (TPSA) is 172 Å². The van der Waals surface area contributed by atoms with Crippen LogP contribution in [0.4, 0.5) is 10.6 Å². The van der Waals surface area contributed by atoms with Crippen molar-refractivity contribution in [1.82, 2.24) is 35.1 Å². The molecular weight excluding hydrogens is 664 g/mol. The maximum atomic E-state index is 13.4. The summed E-state index contributed by atoms with van der Waals surface area (Å²) in [6.07, 6.45) is 3.43. The molecular formula is C38H50N8O6. The van der Waals surface area contributed by atoms with E-state index in [-0.39, 0.29) is 53.2 Å². The zero-order valence-electron chi connectivity index (χ0n) is 31.0. The smallest absolute Gasteiger partial charge is 0.320 e. The Labute approximate surface area is 304 Å². The highest BCUT2D eigenvalue weighted by Crippen LogP contribution is 2.39. The first-order valence-corrected chi connectivity index (χ1v) is 17.5. The molecule has 0 unspecified atom stereocenters. The second-order valence-electron chi connectivity index (χ2n) is 15.2. The third kappa shape index (κ3) is 9.22. The number of urea groups is 1. The molecule has 2 atom stereocenters. The van der Waals surface area contributed by atoms with Crippen molar-refractivity contribution in [3.63, 3.8) is 0 Å². The molecule has 2 aliphatic rings. The third-order valence-corrected chi connectivity index (χ3v) is 9.20. The van der Waals surface area contributed by atoms with Gasteiger partial charge in [0, 0.05) is 38.7 Å². The van der Waals surface area contributed by atoms with E-state index in [1.54, 1.807) is 13.2 Å². The normalized spacial score (nSPS) is 17.6. The number of ether oxygens (including phenoxy) is 2. The lowest BCUT2D eigenvalue weighted by Gasteiger charge is -2.38. The molecule has 3 aromatic heterocycles. The number of amides is 3. The van der Waals surface area contributed by atoms with E-state index >= 15 is 0 Å². The number of hydrogen-bond acceptors (Lipinski definition) is 9. The summed E-state index contributed by atoms with van der Waals surface area (Å²) in [4.78, 5) is 41.7. The largest absolute Gasteiger partial charge is 0.484 e. The van der Waals surface area contributed by atoms with Gasteiger partial charge in [0.25, 0.3) is 12.4 Å². The molecule has 4 heterocycles. The average molecular weight is 715 g/mol. The first-order chi connectivity index (χ1) is 24.7. The van der Waals surface area contributed by atoms with Gasteiger partial charge in [-0.25, -0.2) is 9.78 Å². The lowest BCUT2D eigenvalue weighted by atomic mass is 9.85. The van der Waals surface area contributed by atoms with Crippen LogP contribution in [0, 0.1) is 0 Å². The molecule has 1 aliphatic heterocycles. The van der Waals surface area contributed by atoms with Crippen LogP contribution in [0.2, 0.25) is 0 Å². The molecule has 0 spiro atoms. The second-order valence-corrected chi connectivity index (χ2v) is 15.2. The van der Waals surface area contributed by atoms with Gasteiger partial charge in [-0.3, -0.25) is 24.2 Å². The monoisotopic (exact) mass is 714 g/mol. The Bertz CT molecular complexity index is 1880. The Morgan fingerprint density at radius 3 is 2.37 bits per heavy atom. The predicted molar refractivity (Wildman–Crippen MR) is 197 cm³/mol. The molecule has 4 N–H and O–H groups in total. The summed E-state index contributed by atoms with van der Waals surface area (Å²) < 4.78 is 13.9. The van der Waals surface area contributed by atoms with Crippen LogP contribution in [0.15, 0.2) is 54.7 Å². The molecule has 0 radical (unpaired) electrons. The summed E-state index contributed by atoms with van der Waals surface area (Å²) in [5.41, 5.74) is 3.54. The number of fused-ring (bicyclic) bond motifs is 2. The van der Waals surface area contributed by atoms with Crippen LogP contribution >= 0.6 is 0 Å². The van der Waals surface area contributed by atoms with Gasteiger partial charge in [0.05, 0.1) is 18.3 Å². The lowest BCUT2D eigenvalue weighted by molar-refractivity contribution is -0.122. The zero-order valence-corrected chi connectivity index (χ0v) is 31.0. The number of hydrogen-bond donors (Lipinski definition) is 4. The van der Waals surface area contributed by atoms with Crippen molar-refractivity contribution in [1.29, 1.82) is 0 Å². The molecule has 4 aromatic rings. The molecule has 6 rings (SSSR count). The van der Waals surface area contributed by atoms with Gasteiger partial charge < -0.3 is 25.2 Å². The summed E-state index contributed by atoms with van der Waals surface area (Å²) in [5.74, 6) is 1.64. The standard InChI is InChI=1S/C37H48N8O4.CH2O2/c1-36(2,3)23-18-29(33(46)38-16-17-44-20-25(21-44)48-7)39-31(19-23)41-35(47)40-28-13-14-30(27-11-9-8-10-26(27)28)49-24-12-15-32-42-43-34(37(4,5)6)45(32)22-24;2-1-3/h8-12,15,18-19,22,25,28,30H,13-14,16-17,20-21H2,1-7H3,(H,38,46)(H2,39,40,41,47);1H,(H,2,3)/t28-,30+;/m0./s1. The summed E-state index contributed by atoms with van der Waals surface area (Å²) in [7, 11) is 1.72. The van der Waals surface area contributed by atoms with Crippen molar-refractivity contribution in [3.05, 3.63) is 82.9 Å². The van der Waals surface area contributed by atoms with Crippen LogP contribution in [-0.2, 0) is 20.4 Å². The minimum absolute atomic E-state index is 0.171. The number of benzene rings is 1. The summed E-state index contributed by atoms with van der Waals surface area (Å²) in [6, 6.07) is 14.9. The Morgan fingerprint density at radius 2 is 1.69 bits per heavy atom. The number of methoxy groups -OCH3 is 1. The molecule has 14 nitrogen and oxygen atoms in total. The fourth-order valence-corrected chi connectivity index (χ4v) is 6.37. The Balaban J connectivity index is 0.00000168. The molecule has 3 amide bonds. The first-order valence-electron chi connectivity index (χ1n) is 17.5. The number of carboxylic acid groups (broad SMARTS) is 1. The van der Waals surface area contributed by atoms with Crippen molar-refractivity contribution in [2.24, 2.45) is 0 Å². The number of carbonyl (C=O) groups excluding carboxylic acids is 2. The molecule has 1 aliphatic carbocycles. The SMILES string of the molecule is COC1CN(CCNC(=O)c2cc(C(C)(C)C)cc(NC(=O)N[C@H]3CC[C@@H](Oc4ccc5nnc(C(C)(C)C)n5c4)c4ccccc43)n2)C1.O=CO. The average Bonchev–Trinajstić information content (AvgIpc) is 3.51. The van der Waals surface area contributed by atoms with E-state index in [1.807, 2.05) is 47.0 Å². The maximum Gasteiger partial charge on any atom is 0.320 e. The van der Waals surface area contributed by atoms with E-state index < -0.39 is 0 Å². The number of carbonyl (C=O) groups is 3. The van der Waals surface area contributed by atoms with Gasteiger partial charge in [0.2, 0.25) is 0 Å². The van der Waals surface area contributed by atoms with E-state index in [2.05, 4.69) is 83.6 Å². The van der Waals surface area contributed by atoms with Crippen molar-refractivity contribution in [2.45, 2.75) is 83.5 Å². The predicted octanol–water partition coefficient (Wildman–Crippen LogP) is 5.26. The van der Waals surface area contributed by atoms with Crippen molar-refractivity contribution >= 4 is 29.9 Å². The number of likely N-dealkylation sites (tertiary alicyclic amines) is 1. The fraction of sp³-hybridized carbons (Fsp3) is 0.474. The summed E-state index contributed by atoms with van der Waals surface area (Å²) >= 11 is 0. The van der Waals surface area contributed by atoms with Gasteiger partial charge in [0.15, 0.2) is 5.65 Å². The van der Waals surface area contributed by atoms with Crippen LogP contribution in [0.5, 0.6) is 5.75 Å². The Morgan fingerprint density at radius 1 is 0.981 bits per heavy atom. The molecule has 1 saturated heterocycles. The van der Waals surface area contributed by atoms with Gasteiger partial charge >= 0.3 is 6.03 Å². The second kappa shape index (κ2) is 16.1. The number of pyridine rings is 2. The van der Waals surface area contributed by atoms with Crippen LogP contribution in [0.1, 0.15) is 99.5 Å². The van der Waals surface area contributed by atoms with E-state index in [9.17, 15) is 9.59 Å². The van der Waals surface area contributed by atoms with Crippen LogP contribution < -0.4 is 20.7 Å². The highest BCUT2D eigenvalue weighted by Gasteiger charge is 2.31. The number of nitrogens with zero attached hydrogens (tertiary/aromatic N) is 5. The number of nitrogens with one attached hydrogen (secondary N) is 3. The van der Waals surface area contributed by atoms with Gasteiger partial charge in [-0.1, -0.05) is 65.8 Å². The number of rotatable bonds is 9. The highest BCUT2D eigenvalue weighted by molar-refractivity contribution is 5.94.